The third kappa shape index (κ3) is 5.82. The number of nitrogens with zero attached hydrogens (tertiary/aromatic N) is 2. The fraction of sp³-hybridized carbons (Fsp3) is 1.00. The zero-order valence-corrected chi connectivity index (χ0v) is 11.8. The summed E-state index contributed by atoms with van der Waals surface area (Å²) in [5, 5.41) is 13.2. The maximum atomic E-state index is 9.94. The van der Waals surface area contributed by atoms with Crippen molar-refractivity contribution in [3.8, 4) is 0 Å². The second-order valence-electron chi connectivity index (χ2n) is 5.69. The molecule has 1 saturated heterocycles. The molecular formula is C13H29N3O. The van der Waals surface area contributed by atoms with Crippen LogP contribution in [0, 0.1) is 0 Å². The van der Waals surface area contributed by atoms with Crippen molar-refractivity contribution in [2.45, 2.75) is 44.9 Å². The van der Waals surface area contributed by atoms with Crippen LogP contribution in [0.1, 0.15) is 26.7 Å². The zero-order valence-electron chi connectivity index (χ0n) is 11.8. The highest BCUT2D eigenvalue weighted by molar-refractivity contribution is 4.78. The number of aliphatic hydroxyl groups excluding tert-OH is 1. The van der Waals surface area contributed by atoms with Crippen LogP contribution in [0.25, 0.3) is 0 Å². The maximum absolute atomic E-state index is 9.94. The van der Waals surface area contributed by atoms with Gasteiger partial charge in [-0.05, 0) is 40.0 Å². The van der Waals surface area contributed by atoms with E-state index in [0.29, 0.717) is 18.6 Å². The van der Waals surface area contributed by atoms with Gasteiger partial charge < -0.3 is 20.2 Å². The zero-order chi connectivity index (χ0) is 12.8. The Morgan fingerprint density at radius 2 is 1.94 bits per heavy atom. The Balaban J connectivity index is 2.21. The molecule has 1 aliphatic heterocycles. The minimum absolute atomic E-state index is 0.262. The lowest BCUT2D eigenvalue weighted by molar-refractivity contribution is 0.0776. The third-order valence-electron chi connectivity index (χ3n) is 3.57. The molecular weight excluding hydrogens is 214 g/mol. The number of likely N-dealkylation sites (tertiary alicyclic amines) is 1. The van der Waals surface area contributed by atoms with Gasteiger partial charge in [0.15, 0.2) is 0 Å². The van der Waals surface area contributed by atoms with Crippen LogP contribution in [0.15, 0.2) is 0 Å². The van der Waals surface area contributed by atoms with E-state index in [1.165, 1.54) is 25.9 Å². The van der Waals surface area contributed by atoms with Crippen LogP contribution < -0.4 is 5.32 Å². The first-order chi connectivity index (χ1) is 7.99. The molecule has 0 radical (unpaired) electrons. The van der Waals surface area contributed by atoms with Gasteiger partial charge in [0.2, 0.25) is 0 Å². The Labute approximate surface area is 106 Å². The van der Waals surface area contributed by atoms with Gasteiger partial charge >= 0.3 is 0 Å². The predicted molar refractivity (Wildman–Crippen MR) is 72.3 cm³/mol. The fourth-order valence-electron chi connectivity index (χ4n) is 2.35. The molecule has 1 unspecified atom stereocenters. The molecule has 1 rings (SSSR count). The number of piperidine rings is 1. The van der Waals surface area contributed by atoms with Crippen molar-refractivity contribution < 1.29 is 5.11 Å². The summed E-state index contributed by atoms with van der Waals surface area (Å²) in [6, 6.07) is 1.08. The molecule has 102 valence electrons. The average Bonchev–Trinajstić information content (AvgIpc) is 2.27. The first-order valence-corrected chi connectivity index (χ1v) is 6.79. The summed E-state index contributed by atoms with van der Waals surface area (Å²) in [6.07, 6.45) is 2.18. The Hall–Kier alpha value is -0.160. The molecule has 0 aromatic heterocycles. The van der Waals surface area contributed by atoms with Crippen molar-refractivity contribution in [1.82, 2.24) is 15.1 Å². The molecule has 1 atom stereocenters. The minimum atomic E-state index is -0.262. The number of hydrogen-bond donors (Lipinski definition) is 2. The summed E-state index contributed by atoms with van der Waals surface area (Å²) < 4.78 is 0. The minimum Gasteiger partial charge on any atom is -0.390 e. The van der Waals surface area contributed by atoms with Crippen molar-refractivity contribution in [3.63, 3.8) is 0 Å². The molecule has 0 amide bonds. The molecule has 4 nitrogen and oxygen atoms in total. The van der Waals surface area contributed by atoms with E-state index < -0.39 is 0 Å². The molecule has 2 N–H and O–H groups in total. The van der Waals surface area contributed by atoms with E-state index in [2.05, 4.69) is 43.1 Å². The van der Waals surface area contributed by atoms with Crippen molar-refractivity contribution >= 4 is 0 Å². The molecule has 1 aliphatic rings. The summed E-state index contributed by atoms with van der Waals surface area (Å²) in [5.41, 5.74) is 0. The van der Waals surface area contributed by atoms with Gasteiger partial charge in [-0.3, -0.25) is 0 Å². The first kappa shape index (κ1) is 14.9. The lowest BCUT2D eigenvalue weighted by Crippen LogP contribution is -2.46. The van der Waals surface area contributed by atoms with E-state index in [1.807, 2.05) is 0 Å². The van der Waals surface area contributed by atoms with E-state index in [-0.39, 0.29) is 6.10 Å². The van der Waals surface area contributed by atoms with Crippen LogP contribution in [-0.2, 0) is 0 Å². The monoisotopic (exact) mass is 243 g/mol. The summed E-state index contributed by atoms with van der Waals surface area (Å²) in [7, 11) is 4.31. The Bertz CT molecular complexity index is 203. The molecule has 4 heteroatoms. The largest absolute Gasteiger partial charge is 0.390 e. The van der Waals surface area contributed by atoms with Gasteiger partial charge in [-0.2, -0.15) is 0 Å². The first-order valence-electron chi connectivity index (χ1n) is 6.79. The SMILES string of the molecule is CC(C)NCC(O)CN(C)C1CCN(C)CC1. The standard InChI is InChI=1S/C13H29N3O/c1-11(2)14-9-13(17)10-16(4)12-5-7-15(3)8-6-12/h11-14,17H,5-10H2,1-4H3. The molecule has 0 aromatic carbocycles. The van der Waals surface area contributed by atoms with E-state index >= 15 is 0 Å². The van der Waals surface area contributed by atoms with E-state index in [4.69, 9.17) is 0 Å². The number of nitrogens with one attached hydrogen (secondary N) is 1. The average molecular weight is 243 g/mol. The molecule has 0 saturated carbocycles. The molecule has 0 bridgehead atoms. The van der Waals surface area contributed by atoms with Crippen LogP contribution in [0.3, 0.4) is 0 Å². The van der Waals surface area contributed by atoms with Crippen molar-refractivity contribution in [1.29, 1.82) is 0 Å². The summed E-state index contributed by atoms with van der Waals surface area (Å²) in [4.78, 5) is 4.70. The summed E-state index contributed by atoms with van der Waals surface area (Å²) in [5.74, 6) is 0. The third-order valence-corrected chi connectivity index (χ3v) is 3.57. The quantitative estimate of drug-likeness (QED) is 0.707. The fourth-order valence-corrected chi connectivity index (χ4v) is 2.35. The highest BCUT2D eigenvalue weighted by Gasteiger charge is 2.21. The number of hydrogen-bond acceptors (Lipinski definition) is 4. The number of aliphatic hydroxyl groups is 1. The van der Waals surface area contributed by atoms with Crippen LogP contribution in [0.5, 0.6) is 0 Å². The van der Waals surface area contributed by atoms with Gasteiger partial charge in [-0.1, -0.05) is 13.8 Å². The van der Waals surface area contributed by atoms with Crippen LogP contribution in [-0.4, -0.2) is 73.4 Å². The van der Waals surface area contributed by atoms with Gasteiger partial charge in [0.1, 0.15) is 0 Å². The van der Waals surface area contributed by atoms with Crippen LogP contribution in [0.4, 0.5) is 0 Å². The topological polar surface area (TPSA) is 38.7 Å². The van der Waals surface area contributed by atoms with Gasteiger partial charge in [0.05, 0.1) is 6.10 Å². The molecule has 0 spiro atoms. The summed E-state index contributed by atoms with van der Waals surface area (Å²) in [6.45, 7) is 8.02. The van der Waals surface area contributed by atoms with Gasteiger partial charge in [-0.15, -0.1) is 0 Å². The molecule has 0 aromatic rings. The van der Waals surface area contributed by atoms with Crippen LogP contribution >= 0.6 is 0 Å². The van der Waals surface area contributed by atoms with Crippen LogP contribution in [0.2, 0.25) is 0 Å². The molecule has 1 heterocycles. The predicted octanol–water partition coefficient (Wildman–Crippen LogP) is 0.371. The highest BCUT2D eigenvalue weighted by Crippen LogP contribution is 2.14. The maximum Gasteiger partial charge on any atom is 0.0791 e. The van der Waals surface area contributed by atoms with Crippen molar-refractivity contribution in [2.24, 2.45) is 0 Å². The molecule has 0 aliphatic carbocycles. The van der Waals surface area contributed by atoms with Crippen molar-refractivity contribution in [3.05, 3.63) is 0 Å². The smallest absolute Gasteiger partial charge is 0.0791 e. The molecule has 1 fully saturated rings. The Kier molecular flexibility index (Phi) is 6.41. The van der Waals surface area contributed by atoms with Gasteiger partial charge in [-0.25, -0.2) is 0 Å². The second kappa shape index (κ2) is 7.31. The van der Waals surface area contributed by atoms with E-state index in [1.54, 1.807) is 0 Å². The lowest BCUT2D eigenvalue weighted by Gasteiger charge is -2.36. The highest BCUT2D eigenvalue weighted by atomic mass is 16.3. The number of likely N-dealkylation sites (N-methyl/N-ethyl adjacent to an activating group) is 1. The Morgan fingerprint density at radius 1 is 1.35 bits per heavy atom. The van der Waals surface area contributed by atoms with E-state index in [9.17, 15) is 5.11 Å². The lowest BCUT2D eigenvalue weighted by atomic mass is 10.0. The van der Waals surface area contributed by atoms with Crippen molar-refractivity contribution in [2.75, 3.05) is 40.3 Å². The van der Waals surface area contributed by atoms with Gasteiger partial charge in [0.25, 0.3) is 0 Å². The van der Waals surface area contributed by atoms with E-state index in [0.717, 1.165) is 6.54 Å². The second-order valence-corrected chi connectivity index (χ2v) is 5.69. The Morgan fingerprint density at radius 3 is 2.47 bits per heavy atom. The summed E-state index contributed by atoms with van der Waals surface area (Å²) >= 11 is 0. The number of rotatable bonds is 6. The normalized spacial score (nSPS) is 21.4. The molecule has 17 heavy (non-hydrogen) atoms. The van der Waals surface area contributed by atoms with Gasteiger partial charge in [0, 0.05) is 25.2 Å².